The second kappa shape index (κ2) is 6.53. The van der Waals surface area contributed by atoms with Gasteiger partial charge in [0.15, 0.2) is 8.32 Å². The van der Waals surface area contributed by atoms with Crippen molar-refractivity contribution in [3.8, 4) is 0 Å². The molecule has 1 atom stereocenters. The zero-order valence-corrected chi connectivity index (χ0v) is 16.4. The topological polar surface area (TPSA) is 18.5 Å². The summed E-state index contributed by atoms with van der Waals surface area (Å²) >= 11 is 3.55. The summed E-state index contributed by atoms with van der Waals surface area (Å²) in [4.78, 5) is 0. The van der Waals surface area contributed by atoms with Crippen molar-refractivity contribution in [3.63, 3.8) is 0 Å². The summed E-state index contributed by atoms with van der Waals surface area (Å²) in [7, 11) is -1.65. The van der Waals surface area contributed by atoms with Crippen molar-refractivity contribution in [1.82, 2.24) is 0 Å². The van der Waals surface area contributed by atoms with Crippen molar-refractivity contribution in [2.24, 2.45) is 0 Å². The first-order valence-corrected chi connectivity index (χ1v) is 11.4. The Kier molecular flexibility index (Phi) is 5.34. The predicted molar refractivity (Wildman–Crippen MR) is 94.3 cm³/mol. The molecule has 21 heavy (non-hydrogen) atoms. The van der Waals surface area contributed by atoms with Crippen LogP contribution in [0.15, 0.2) is 22.7 Å². The van der Waals surface area contributed by atoms with Gasteiger partial charge >= 0.3 is 0 Å². The van der Waals surface area contributed by atoms with E-state index in [1.165, 1.54) is 11.1 Å². The van der Waals surface area contributed by atoms with Crippen LogP contribution < -0.4 is 0 Å². The van der Waals surface area contributed by atoms with Gasteiger partial charge < -0.3 is 9.16 Å². The maximum Gasteiger partial charge on any atom is 0.191 e. The Hall–Kier alpha value is -0.163. The van der Waals surface area contributed by atoms with E-state index in [4.69, 9.17) is 9.16 Å². The minimum absolute atomic E-state index is 0.187. The van der Waals surface area contributed by atoms with E-state index in [1.807, 2.05) is 0 Å². The molecule has 2 nitrogen and oxygen atoms in total. The molecule has 4 heteroatoms. The van der Waals surface area contributed by atoms with Crippen LogP contribution >= 0.6 is 15.9 Å². The largest absolute Gasteiger partial charge is 0.417 e. The van der Waals surface area contributed by atoms with Gasteiger partial charge in [-0.2, -0.15) is 0 Å². The molecular weight excluding hydrogens is 344 g/mol. The monoisotopic (exact) mass is 370 g/mol. The van der Waals surface area contributed by atoms with Crippen LogP contribution in [0.3, 0.4) is 0 Å². The molecule has 1 unspecified atom stereocenters. The second-order valence-electron chi connectivity index (χ2n) is 7.35. The molecule has 1 heterocycles. The summed E-state index contributed by atoms with van der Waals surface area (Å²) in [5.41, 5.74) is 2.75. The van der Waals surface area contributed by atoms with Crippen LogP contribution in [0, 0.1) is 0 Å². The van der Waals surface area contributed by atoms with Crippen molar-refractivity contribution < 1.29 is 9.16 Å². The van der Waals surface area contributed by atoms with Gasteiger partial charge in [0.05, 0.1) is 12.7 Å². The Balaban J connectivity index is 1.97. The van der Waals surface area contributed by atoms with Crippen molar-refractivity contribution in [2.45, 2.75) is 57.8 Å². The number of hydrogen-bond donors (Lipinski definition) is 0. The minimum atomic E-state index is -1.65. The number of fused-ring (bicyclic) bond motifs is 1. The van der Waals surface area contributed by atoms with E-state index in [2.05, 4.69) is 68.0 Å². The van der Waals surface area contributed by atoms with Crippen LogP contribution in [0.2, 0.25) is 18.1 Å². The third-order valence-electron chi connectivity index (χ3n) is 4.79. The smallest absolute Gasteiger partial charge is 0.191 e. The van der Waals surface area contributed by atoms with E-state index in [1.54, 1.807) is 0 Å². The summed E-state index contributed by atoms with van der Waals surface area (Å²) in [6.45, 7) is 13.1. The second-order valence-corrected chi connectivity index (χ2v) is 13.1. The molecular formula is C17H27BrO2Si. The molecule has 1 aliphatic heterocycles. The molecule has 0 saturated carbocycles. The van der Waals surface area contributed by atoms with Gasteiger partial charge in [-0.15, -0.1) is 0 Å². The highest BCUT2D eigenvalue weighted by atomic mass is 79.9. The maximum absolute atomic E-state index is 6.29. The first-order chi connectivity index (χ1) is 9.71. The van der Waals surface area contributed by atoms with Crippen molar-refractivity contribution in [1.29, 1.82) is 0 Å². The average Bonchev–Trinajstić information content (AvgIpc) is 2.37. The van der Waals surface area contributed by atoms with Gasteiger partial charge in [-0.05, 0) is 54.2 Å². The predicted octanol–water partition coefficient (Wildman–Crippen LogP) is 5.47. The molecule has 0 N–H and O–H groups in total. The van der Waals surface area contributed by atoms with Gasteiger partial charge in [0.1, 0.15) is 0 Å². The molecule has 1 aliphatic rings. The lowest BCUT2D eigenvalue weighted by Gasteiger charge is -2.37. The number of benzene rings is 1. The lowest BCUT2D eigenvalue weighted by molar-refractivity contribution is 0.0264. The van der Waals surface area contributed by atoms with Crippen LogP contribution in [0.5, 0.6) is 0 Å². The maximum atomic E-state index is 6.29. The summed E-state index contributed by atoms with van der Waals surface area (Å²) in [6.07, 6.45) is 2.14. The SMILES string of the molecule is CC(C)(C)[Si](C)(C)OCCC1OCCc2cc(Br)ccc21. The van der Waals surface area contributed by atoms with Crippen LogP contribution in [0.1, 0.15) is 44.4 Å². The van der Waals surface area contributed by atoms with Crippen molar-refractivity contribution in [2.75, 3.05) is 13.2 Å². The number of halogens is 1. The van der Waals surface area contributed by atoms with Gasteiger partial charge in [0.2, 0.25) is 0 Å². The Morgan fingerprint density at radius 1 is 1.33 bits per heavy atom. The highest BCUT2D eigenvalue weighted by molar-refractivity contribution is 9.10. The van der Waals surface area contributed by atoms with E-state index in [-0.39, 0.29) is 11.1 Å². The van der Waals surface area contributed by atoms with E-state index in [0.717, 1.165) is 30.5 Å². The van der Waals surface area contributed by atoms with Gasteiger partial charge in [0, 0.05) is 11.1 Å². The third-order valence-corrected chi connectivity index (χ3v) is 9.82. The lowest BCUT2D eigenvalue weighted by Crippen LogP contribution is -2.41. The average molecular weight is 371 g/mol. The van der Waals surface area contributed by atoms with Crippen LogP contribution in [-0.4, -0.2) is 21.5 Å². The minimum Gasteiger partial charge on any atom is -0.417 e. The first kappa shape index (κ1) is 17.2. The summed E-state index contributed by atoms with van der Waals surface area (Å²) < 4.78 is 13.4. The molecule has 1 aromatic carbocycles. The molecule has 0 amide bonds. The third kappa shape index (κ3) is 4.18. The van der Waals surface area contributed by atoms with Crippen molar-refractivity contribution >= 4 is 24.2 Å². The van der Waals surface area contributed by atoms with Crippen LogP contribution in [0.25, 0.3) is 0 Å². The van der Waals surface area contributed by atoms with Crippen LogP contribution in [0.4, 0.5) is 0 Å². The Morgan fingerprint density at radius 3 is 2.71 bits per heavy atom. The standard InChI is InChI=1S/C17H27BrO2Si/c1-17(2,3)21(4,5)20-11-9-16-15-7-6-14(18)12-13(15)8-10-19-16/h6-7,12,16H,8-11H2,1-5H3. The normalized spacial score (nSPS) is 19.4. The van der Waals surface area contributed by atoms with E-state index >= 15 is 0 Å². The van der Waals surface area contributed by atoms with E-state index in [9.17, 15) is 0 Å². The Morgan fingerprint density at radius 2 is 2.05 bits per heavy atom. The lowest BCUT2D eigenvalue weighted by atomic mass is 9.96. The fourth-order valence-electron chi connectivity index (χ4n) is 2.38. The number of rotatable bonds is 4. The molecule has 0 fully saturated rings. The quantitative estimate of drug-likeness (QED) is 0.653. The van der Waals surface area contributed by atoms with Gasteiger partial charge in [-0.1, -0.05) is 42.8 Å². The molecule has 0 radical (unpaired) electrons. The van der Waals surface area contributed by atoms with Crippen molar-refractivity contribution in [3.05, 3.63) is 33.8 Å². The first-order valence-electron chi connectivity index (χ1n) is 7.74. The fourth-order valence-corrected chi connectivity index (χ4v) is 3.85. The zero-order valence-electron chi connectivity index (χ0n) is 13.8. The van der Waals surface area contributed by atoms with E-state index in [0.29, 0.717) is 0 Å². The van der Waals surface area contributed by atoms with E-state index < -0.39 is 8.32 Å². The molecule has 118 valence electrons. The highest BCUT2D eigenvalue weighted by Crippen LogP contribution is 2.37. The van der Waals surface area contributed by atoms with Crippen LogP contribution in [-0.2, 0) is 15.6 Å². The molecule has 0 aliphatic carbocycles. The number of hydrogen-bond acceptors (Lipinski definition) is 2. The van der Waals surface area contributed by atoms with Gasteiger partial charge in [0.25, 0.3) is 0 Å². The molecule has 0 bridgehead atoms. The highest BCUT2D eigenvalue weighted by Gasteiger charge is 2.37. The number of ether oxygens (including phenoxy) is 1. The Bertz CT molecular complexity index is 494. The molecule has 0 spiro atoms. The molecule has 2 rings (SSSR count). The molecule has 0 saturated heterocycles. The summed E-state index contributed by atoms with van der Waals surface area (Å²) in [6, 6.07) is 6.52. The molecule has 0 aromatic heterocycles. The Labute approximate surface area is 138 Å². The van der Waals surface area contributed by atoms with Gasteiger partial charge in [-0.25, -0.2) is 0 Å². The fraction of sp³-hybridized carbons (Fsp3) is 0.647. The zero-order chi connectivity index (χ0) is 15.7. The summed E-state index contributed by atoms with van der Waals surface area (Å²) in [5.74, 6) is 0. The molecule has 1 aromatic rings. The summed E-state index contributed by atoms with van der Waals surface area (Å²) in [5, 5.41) is 0.267. The van der Waals surface area contributed by atoms with Gasteiger partial charge in [-0.3, -0.25) is 0 Å².